The van der Waals surface area contributed by atoms with Crippen LogP contribution in [0.15, 0.2) is 0 Å². The lowest BCUT2D eigenvalue weighted by molar-refractivity contribution is -0.203. The molecule has 0 aliphatic rings. The van der Waals surface area contributed by atoms with Crippen LogP contribution in [-0.4, -0.2) is 60.4 Å². The fraction of sp³-hybridized carbons (Fsp3) is 0.667. The molecule has 0 heterocycles. The first kappa shape index (κ1) is 17.0. The van der Waals surface area contributed by atoms with Gasteiger partial charge in [0.1, 0.15) is 6.54 Å². The average molecular weight is 286 g/mol. The zero-order valence-electron chi connectivity index (χ0n) is 10.4. The zero-order chi connectivity index (χ0) is 15.4. The van der Waals surface area contributed by atoms with Crippen LogP contribution in [0.4, 0.5) is 18.0 Å². The number of nitrogens with one attached hydrogen (secondary N) is 1. The largest absolute Gasteiger partial charge is 0.479 e. The number of carbonyl (C=O) groups is 3. The van der Waals surface area contributed by atoms with Crippen LogP contribution in [0.3, 0.4) is 0 Å². The number of hydrogen-bond donors (Lipinski definition) is 2. The van der Waals surface area contributed by atoms with E-state index in [9.17, 15) is 27.6 Å². The van der Waals surface area contributed by atoms with Gasteiger partial charge in [0.15, 0.2) is 0 Å². The lowest BCUT2D eigenvalue weighted by Crippen LogP contribution is -2.63. The average Bonchev–Trinajstić information content (AvgIpc) is 2.26. The summed E-state index contributed by atoms with van der Waals surface area (Å²) in [6.07, 6.45) is -5.19. The van der Waals surface area contributed by atoms with Crippen molar-refractivity contribution in [2.24, 2.45) is 0 Å². The Kier molecular flexibility index (Phi) is 5.15. The number of hydrogen-bond acceptors (Lipinski definition) is 4. The summed E-state index contributed by atoms with van der Waals surface area (Å²) >= 11 is 0. The van der Waals surface area contributed by atoms with Crippen molar-refractivity contribution in [2.75, 3.05) is 20.7 Å². The minimum absolute atomic E-state index is 0.305. The summed E-state index contributed by atoms with van der Waals surface area (Å²) in [5.74, 6) is -3.12. The second-order valence-electron chi connectivity index (χ2n) is 3.79. The number of rotatable bonds is 4. The third kappa shape index (κ3) is 4.00. The molecule has 0 spiro atoms. The van der Waals surface area contributed by atoms with Crippen molar-refractivity contribution in [1.29, 1.82) is 0 Å². The number of esters is 1. The number of amides is 2. The van der Waals surface area contributed by atoms with Crippen molar-refractivity contribution in [2.45, 2.75) is 18.6 Å². The molecule has 0 rings (SSSR count). The number of halogens is 3. The third-order valence-electron chi connectivity index (χ3n) is 2.29. The van der Waals surface area contributed by atoms with Crippen LogP contribution in [0.5, 0.6) is 0 Å². The number of urea groups is 1. The number of aliphatic carboxylic acids is 1. The van der Waals surface area contributed by atoms with Gasteiger partial charge in [0, 0.05) is 7.05 Å². The van der Waals surface area contributed by atoms with Crippen molar-refractivity contribution >= 4 is 18.0 Å². The predicted octanol–water partition coefficient (Wildman–Crippen LogP) is 0.206. The van der Waals surface area contributed by atoms with Crippen LogP contribution in [-0.2, 0) is 14.3 Å². The Morgan fingerprint density at radius 2 is 1.79 bits per heavy atom. The number of carboxylic acids is 1. The number of nitrogens with zero attached hydrogens (tertiary/aromatic N) is 1. The monoisotopic (exact) mass is 286 g/mol. The van der Waals surface area contributed by atoms with E-state index in [-0.39, 0.29) is 0 Å². The smallest absolute Gasteiger partial charge is 0.422 e. The van der Waals surface area contributed by atoms with Crippen LogP contribution in [0, 0.1) is 0 Å². The second-order valence-corrected chi connectivity index (χ2v) is 3.79. The SMILES string of the molecule is COC(=O)CN(C)C(=O)NC(C)(C(=O)O)C(F)(F)F. The Labute approximate surface area is 106 Å². The Bertz CT molecular complexity index is 385. The molecule has 0 saturated carbocycles. The minimum Gasteiger partial charge on any atom is -0.479 e. The summed E-state index contributed by atoms with van der Waals surface area (Å²) < 4.78 is 42.0. The second kappa shape index (κ2) is 5.76. The van der Waals surface area contributed by atoms with Crippen LogP contribution in [0.2, 0.25) is 0 Å². The van der Waals surface area contributed by atoms with Crippen LogP contribution in [0.1, 0.15) is 6.92 Å². The molecule has 0 aromatic heterocycles. The number of likely N-dealkylation sites (N-methyl/N-ethyl adjacent to an activating group) is 1. The Balaban J connectivity index is 4.94. The first-order valence-corrected chi connectivity index (χ1v) is 4.86. The maximum absolute atomic E-state index is 12.6. The van der Waals surface area contributed by atoms with Gasteiger partial charge in [0.05, 0.1) is 7.11 Å². The quantitative estimate of drug-likeness (QED) is 0.720. The van der Waals surface area contributed by atoms with Gasteiger partial charge >= 0.3 is 24.1 Å². The normalized spacial score (nSPS) is 14.2. The summed E-state index contributed by atoms with van der Waals surface area (Å²) in [5.41, 5.74) is -3.45. The van der Waals surface area contributed by atoms with Gasteiger partial charge in [-0.25, -0.2) is 9.59 Å². The molecule has 0 aromatic rings. The van der Waals surface area contributed by atoms with E-state index in [0.717, 1.165) is 14.2 Å². The van der Waals surface area contributed by atoms with Gasteiger partial charge in [-0.2, -0.15) is 13.2 Å². The van der Waals surface area contributed by atoms with E-state index in [2.05, 4.69) is 4.74 Å². The molecule has 2 amide bonds. The summed E-state index contributed by atoms with van der Waals surface area (Å²) in [7, 11) is 2.05. The van der Waals surface area contributed by atoms with Crippen molar-refractivity contribution in [3.8, 4) is 0 Å². The van der Waals surface area contributed by atoms with Crippen molar-refractivity contribution < 1.29 is 37.4 Å². The highest BCUT2D eigenvalue weighted by molar-refractivity contribution is 5.88. The Hall–Kier alpha value is -2.00. The molecular weight excluding hydrogens is 273 g/mol. The highest BCUT2D eigenvalue weighted by Crippen LogP contribution is 2.30. The van der Waals surface area contributed by atoms with Gasteiger partial charge < -0.3 is 20.1 Å². The highest BCUT2D eigenvalue weighted by Gasteiger charge is 2.58. The van der Waals surface area contributed by atoms with Crippen molar-refractivity contribution in [1.82, 2.24) is 10.2 Å². The molecule has 19 heavy (non-hydrogen) atoms. The van der Waals surface area contributed by atoms with E-state index in [0.29, 0.717) is 11.8 Å². The first-order chi connectivity index (χ1) is 8.45. The van der Waals surface area contributed by atoms with E-state index >= 15 is 0 Å². The van der Waals surface area contributed by atoms with E-state index in [4.69, 9.17) is 5.11 Å². The molecule has 0 aliphatic carbocycles. The lowest BCUT2D eigenvalue weighted by atomic mass is 10.0. The Morgan fingerprint density at radius 3 is 2.11 bits per heavy atom. The van der Waals surface area contributed by atoms with Gasteiger partial charge in [0.25, 0.3) is 0 Å². The van der Waals surface area contributed by atoms with E-state index in [1.807, 2.05) is 0 Å². The molecule has 0 aliphatic heterocycles. The molecule has 110 valence electrons. The molecular formula is C9H13F3N2O5. The fourth-order valence-corrected chi connectivity index (χ4v) is 0.885. The molecule has 0 aromatic carbocycles. The maximum atomic E-state index is 12.6. The molecule has 10 heteroatoms. The van der Waals surface area contributed by atoms with Crippen LogP contribution in [0.25, 0.3) is 0 Å². The molecule has 7 nitrogen and oxygen atoms in total. The number of methoxy groups -OCH3 is 1. The number of alkyl halides is 3. The molecule has 0 fully saturated rings. The van der Waals surface area contributed by atoms with Gasteiger partial charge in [0.2, 0.25) is 5.54 Å². The summed E-state index contributed by atoms with van der Waals surface area (Å²) in [4.78, 5) is 33.5. The molecule has 1 unspecified atom stereocenters. The zero-order valence-corrected chi connectivity index (χ0v) is 10.4. The number of carbonyl (C=O) groups excluding carboxylic acids is 2. The number of ether oxygens (including phenoxy) is 1. The standard InChI is InChI=1S/C9H13F3N2O5/c1-8(6(16)17,9(10,11)12)13-7(18)14(2)4-5(15)19-3/h4H2,1-3H3,(H,13,18)(H,16,17). The summed E-state index contributed by atoms with van der Waals surface area (Å²) in [6, 6.07) is -1.37. The molecule has 2 N–H and O–H groups in total. The molecule has 1 atom stereocenters. The van der Waals surface area contributed by atoms with Crippen molar-refractivity contribution in [3.05, 3.63) is 0 Å². The van der Waals surface area contributed by atoms with E-state index in [1.165, 1.54) is 5.32 Å². The number of carboxylic acid groups (broad SMARTS) is 1. The summed E-state index contributed by atoms with van der Waals surface area (Å²) in [6.45, 7) is -0.310. The highest BCUT2D eigenvalue weighted by atomic mass is 19.4. The van der Waals surface area contributed by atoms with Crippen LogP contribution >= 0.6 is 0 Å². The van der Waals surface area contributed by atoms with Gasteiger partial charge in [-0.1, -0.05) is 0 Å². The van der Waals surface area contributed by atoms with Gasteiger partial charge in [-0.05, 0) is 6.92 Å². The fourth-order valence-electron chi connectivity index (χ4n) is 0.885. The van der Waals surface area contributed by atoms with Gasteiger partial charge in [-0.3, -0.25) is 4.79 Å². The minimum atomic E-state index is -5.19. The predicted molar refractivity (Wildman–Crippen MR) is 55.3 cm³/mol. The topological polar surface area (TPSA) is 95.9 Å². The van der Waals surface area contributed by atoms with E-state index < -0.39 is 36.2 Å². The Morgan fingerprint density at radius 1 is 1.32 bits per heavy atom. The molecule has 0 bridgehead atoms. The third-order valence-corrected chi connectivity index (χ3v) is 2.29. The molecule has 0 radical (unpaired) electrons. The van der Waals surface area contributed by atoms with E-state index in [1.54, 1.807) is 0 Å². The molecule has 0 saturated heterocycles. The lowest BCUT2D eigenvalue weighted by Gasteiger charge is -2.30. The summed E-state index contributed by atoms with van der Waals surface area (Å²) in [5, 5.41) is 9.90. The first-order valence-electron chi connectivity index (χ1n) is 4.86. The van der Waals surface area contributed by atoms with Crippen LogP contribution < -0.4 is 5.32 Å². The van der Waals surface area contributed by atoms with Gasteiger partial charge in [-0.15, -0.1) is 0 Å². The van der Waals surface area contributed by atoms with Crippen molar-refractivity contribution in [3.63, 3.8) is 0 Å². The maximum Gasteiger partial charge on any atom is 0.422 e.